The van der Waals surface area contributed by atoms with Gasteiger partial charge in [-0.3, -0.25) is 14.3 Å². The Labute approximate surface area is 149 Å². The van der Waals surface area contributed by atoms with Crippen molar-refractivity contribution in [3.05, 3.63) is 12.4 Å². The van der Waals surface area contributed by atoms with Crippen LogP contribution in [-0.2, 0) is 16.6 Å². The number of carbonyl (C=O) groups excluding carboxylic acids is 2. The smallest absolute Gasteiger partial charge is 0.223 e. The van der Waals surface area contributed by atoms with Crippen LogP contribution in [-0.4, -0.2) is 46.8 Å². The summed E-state index contributed by atoms with van der Waals surface area (Å²) < 4.78 is 1.79. The lowest BCUT2D eigenvalue weighted by atomic mass is 10.1. The Hall–Kier alpha value is -2.05. The topological polar surface area (TPSA) is 79.3 Å². The molecule has 0 radical (unpaired) electrons. The van der Waals surface area contributed by atoms with Gasteiger partial charge in [0.2, 0.25) is 11.8 Å². The predicted molar refractivity (Wildman–Crippen MR) is 96.1 cm³/mol. The van der Waals surface area contributed by atoms with Gasteiger partial charge in [0.1, 0.15) is 0 Å². The number of aryl methyl sites for hydroxylation is 1. The molecule has 2 atom stereocenters. The maximum absolute atomic E-state index is 12.3. The first-order valence-electron chi connectivity index (χ1n) is 9.34. The largest absolute Gasteiger partial charge is 0.367 e. The number of carbonyl (C=O) groups is 2. The molecule has 138 valence electrons. The second-order valence-corrected chi connectivity index (χ2v) is 7.47. The number of anilines is 1. The van der Waals surface area contributed by atoms with Crippen molar-refractivity contribution >= 4 is 17.5 Å². The molecule has 0 spiro atoms. The first-order chi connectivity index (χ1) is 12.0. The molecule has 7 nitrogen and oxygen atoms in total. The molecule has 25 heavy (non-hydrogen) atoms. The van der Waals surface area contributed by atoms with E-state index in [-0.39, 0.29) is 29.8 Å². The third-order valence-corrected chi connectivity index (χ3v) is 5.22. The van der Waals surface area contributed by atoms with E-state index in [4.69, 9.17) is 0 Å². The van der Waals surface area contributed by atoms with Crippen LogP contribution >= 0.6 is 0 Å². The summed E-state index contributed by atoms with van der Waals surface area (Å²) in [6, 6.07) is 0.0365. The molecular weight excluding hydrogens is 318 g/mol. The maximum atomic E-state index is 12.3. The minimum Gasteiger partial charge on any atom is -0.367 e. The molecule has 0 unspecified atom stereocenters. The van der Waals surface area contributed by atoms with Gasteiger partial charge >= 0.3 is 0 Å². The van der Waals surface area contributed by atoms with Gasteiger partial charge in [-0.15, -0.1) is 0 Å². The molecule has 1 aromatic heterocycles. The first-order valence-corrected chi connectivity index (χ1v) is 9.34. The van der Waals surface area contributed by atoms with Crippen LogP contribution in [0.15, 0.2) is 12.4 Å². The number of rotatable bonds is 6. The van der Waals surface area contributed by atoms with Gasteiger partial charge in [-0.05, 0) is 26.2 Å². The van der Waals surface area contributed by atoms with Gasteiger partial charge in [0, 0.05) is 50.8 Å². The van der Waals surface area contributed by atoms with Crippen molar-refractivity contribution in [2.24, 2.45) is 13.0 Å². The molecule has 1 aliphatic carbocycles. The SMILES string of the molecule is C[C@@H](CC(=O)N[C@@H]1CCN(c2cnn(C)c2)C1)NC(=O)C1CCCC1. The lowest BCUT2D eigenvalue weighted by Crippen LogP contribution is -2.42. The Bertz CT molecular complexity index is 608. The van der Waals surface area contributed by atoms with Crippen molar-refractivity contribution in [2.75, 3.05) is 18.0 Å². The van der Waals surface area contributed by atoms with Gasteiger partial charge in [-0.25, -0.2) is 0 Å². The second kappa shape index (κ2) is 7.89. The van der Waals surface area contributed by atoms with Crippen molar-refractivity contribution in [3.63, 3.8) is 0 Å². The summed E-state index contributed by atoms with van der Waals surface area (Å²) in [4.78, 5) is 26.6. The summed E-state index contributed by atoms with van der Waals surface area (Å²) in [6.07, 6.45) is 9.36. The highest BCUT2D eigenvalue weighted by atomic mass is 16.2. The lowest BCUT2D eigenvalue weighted by molar-refractivity contribution is -0.126. The average molecular weight is 347 g/mol. The van der Waals surface area contributed by atoms with Crippen LogP contribution in [0.25, 0.3) is 0 Å². The molecule has 2 fully saturated rings. The van der Waals surface area contributed by atoms with Crippen molar-refractivity contribution in [3.8, 4) is 0 Å². The fraction of sp³-hybridized carbons (Fsp3) is 0.722. The fourth-order valence-electron chi connectivity index (χ4n) is 3.85. The van der Waals surface area contributed by atoms with Crippen LogP contribution in [0.3, 0.4) is 0 Å². The Morgan fingerprint density at radius 1 is 1.32 bits per heavy atom. The zero-order chi connectivity index (χ0) is 17.8. The normalized spacial score (nSPS) is 22.2. The van der Waals surface area contributed by atoms with Gasteiger partial charge in [-0.1, -0.05) is 12.8 Å². The third-order valence-electron chi connectivity index (χ3n) is 5.22. The molecule has 0 bridgehead atoms. The quantitative estimate of drug-likeness (QED) is 0.810. The first kappa shape index (κ1) is 17.8. The van der Waals surface area contributed by atoms with E-state index < -0.39 is 0 Å². The summed E-state index contributed by atoms with van der Waals surface area (Å²) in [5.74, 6) is 0.270. The Morgan fingerprint density at radius 3 is 2.76 bits per heavy atom. The number of hydrogen-bond acceptors (Lipinski definition) is 4. The molecule has 0 aromatic carbocycles. The van der Waals surface area contributed by atoms with E-state index in [9.17, 15) is 9.59 Å². The van der Waals surface area contributed by atoms with E-state index >= 15 is 0 Å². The summed E-state index contributed by atoms with van der Waals surface area (Å²) in [6.45, 7) is 3.63. The Kier molecular flexibility index (Phi) is 5.60. The van der Waals surface area contributed by atoms with Crippen molar-refractivity contribution in [1.29, 1.82) is 0 Å². The van der Waals surface area contributed by atoms with Gasteiger partial charge in [0.25, 0.3) is 0 Å². The summed E-state index contributed by atoms with van der Waals surface area (Å²) in [5.41, 5.74) is 1.09. The zero-order valence-electron chi connectivity index (χ0n) is 15.2. The van der Waals surface area contributed by atoms with E-state index in [1.165, 1.54) is 0 Å². The highest BCUT2D eigenvalue weighted by molar-refractivity contribution is 5.81. The average Bonchev–Trinajstić information content (AvgIpc) is 3.27. The molecule has 2 heterocycles. The second-order valence-electron chi connectivity index (χ2n) is 7.47. The van der Waals surface area contributed by atoms with Gasteiger partial charge in [-0.2, -0.15) is 5.10 Å². The van der Waals surface area contributed by atoms with Crippen LogP contribution in [0.5, 0.6) is 0 Å². The Balaban J connectivity index is 1.39. The number of nitrogens with zero attached hydrogens (tertiary/aromatic N) is 3. The number of amides is 2. The molecule has 1 saturated heterocycles. The van der Waals surface area contributed by atoms with Crippen molar-refractivity contribution in [1.82, 2.24) is 20.4 Å². The molecule has 2 aliphatic rings. The lowest BCUT2D eigenvalue weighted by Gasteiger charge is -2.19. The molecule has 1 aromatic rings. The van der Waals surface area contributed by atoms with Gasteiger partial charge in [0.05, 0.1) is 11.9 Å². The molecule has 2 amide bonds. The fourth-order valence-corrected chi connectivity index (χ4v) is 3.85. The summed E-state index contributed by atoms with van der Waals surface area (Å²) >= 11 is 0. The minimum atomic E-state index is -0.121. The summed E-state index contributed by atoms with van der Waals surface area (Å²) in [5, 5.41) is 10.3. The minimum absolute atomic E-state index is 0.0114. The number of hydrogen-bond donors (Lipinski definition) is 2. The van der Waals surface area contributed by atoms with Crippen molar-refractivity contribution in [2.45, 2.75) is 57.5 Å². The van der Waals surface area contributed by atoms with Crippen LogP contribution in [0.1, 0.15) is 45.4 Å². The van der Waals surface area contributed by atoms with Crippen molar-refractivity contribution < 1.29 is 9.59 Å². The third kappa shape index (κ3) is 4.74. The van der Waals surface area contributed by atoms with E-state index in [1.807, 2.05) is 26.4 Å². The standard InChI is InChI=1S/C18H29N5O2/c1-13(20-18(25)14-5-3-4-6-14)9-17(24)21-15-7-8-23(11-15)16-10-19-22(2)12-16/h10,12-15H,3-9,11H2,1-2H3,(H,20,25)(H,21,24)/t13-,15+/m0/s1. The molecular formula is C18H29N5O2. The molecule has 2 N–H and O–H groups in total. The van der Waals surface area contributed by atoms with E-state index in [1.54, 1.807) is 4.68 Å². The number of nitrogens with one attached hydrogen (secondary N) is 2. The zero-order valence-corrected chi connectivity index (χ0v) is 15.2. The van der Waals surface area contributed by atoms with E-state index in [2.05, 4.69) is 20.6 Å². The molecule has 3 rings (SSSR count). The molecule has 1 aliphatic heterocycles. The van der Waals surface area contributed by atoms with Crippen LogP contribution in [0, 0.1) is 5.92 Å². The highest BCUT2D eigenvalue weighted by Crippen LogP contribution is 2.24. The Morgan fingerprint density at radius 2 is 2.08 bits per heavy atom. The van der Waals surface area contributed by atoms with E-state index in [0.717, 1.165) is 50.9 Å². The van der Waals surface area contributed by atoms with Gasteiger partial charge < -0.3 is 15.5 Å². The monoisotopic (exact) mass is 347 g/mol. The molecule has 1 saturated carbocycles. The van der Waals surface area contributed by atoms with Crippen LogP contribution < -0.4 is 15.5 Å². The summed E-state index contributed by atoms with van der Waals surface area (Å²) in [7, 11) is 1.90. The van der Waals surface area contributed by atoms with E-state index in [0.29, 0.717) is 6.42 Å². The molecule has 7 heteroatoms. The van der Waals surface area contributed by atoms with Crippen LogP contribution in [0.4, 0.5) is 5.69 Å². The number of aromatic nitrogens is 2. The van der Waals surface area contributed by atoms with Crippen LogP contribution in [0.2, 0.25) is 0 Å². The van der Waals surface area contributed by atoms with Gasteiger partial charge in [0.15, 0.2) is 0 Å². The highest BCUT2D eigenvalue weighted by Gasteiger charge is 2.27. The predicted octanol–water partition coefficient (Wildman–Crippen LogP) is 1.20. The maximum Gasteiger partial charge on any atom is 0.223 e.